The summed E-state index contributed by atoms with van der Waals surface area (Å²) in [5, 5.41) is 6.02. The molecule has 2 heterocycles. The Morgan fingerprint density at radius 1 is 1.24 bits per heavy atom. The number of allylic oxidation sites excluding steroid dienone is 3. The van der Waals surface area contributed by atoms with Crippen LogP contribution in [-0.2, 0) is 21.5 Å². The summed E-state index contributed by atoms with van der Waals surface area (Å²) in [6.07, 6.45) is 7.23. The fourth-order valence-corrected chi connectivity index (χ4v) is 5.21. The summed E-state index contributed by atoms with van der Waals surface area (Å²) in [6, 6.07) is 5.29. The van der Waals surface area contributed by atoms with Gasteiger partial charge in [-0.15, -0.1) is 0 Å². The van der Waals surface area contributed by atoms with E-state index in [0.717, 1.165) is 30.9 Å². The van der Waals surface area contributed by atoms with Crippen molar-refractivity contribution in [3.8, 4) is 0 Å². The lowest BCUT2D eigenvalue weighted by molar-refractivity contribution is -0.119. The topological polar surface area (TPSA) is 73.9 Å². The Hall–Kier alpha value is -2.58. The summed E-state index contributed by atoms with van der Waals surface area (Å²) in [7, 11) is 5.89. The minimum atomic E-state index is -0.586. The largest absolute Gasteiger partial charge is 0.380 e. The molecule has 2 N–H and O–H groups in total. The van der Waals surface area contributed by atoms with Crippen LogP contribution in [0.15, 0.2) is 42.1 Å². The molecule has 1 aliphatic carbocycles. The molecule has 1 aromatic rings. The first-order valence-corrected chi connectivity index (χ1v) is 11.8. The molecule has 7 nitrogen and oxygen atoms in total. The van der Waals surface area contributed by atoms with E-state index in [0.29, 0.717) is 18.8 Å². The number of rotatable bonds is 4. The molecule has 4 rings (SSSR count). The van der Waals surface area contributed by atoms with E-state index in [1.54, 1.807) is 12.0 Å². The molecule has 0 bridgehead atoms. The second-order valence-electron chi connectivity index (χ2n) is 10.3. The van der Waals surface area contributed by atoms with E-state index < -0.39 is 6.04 Å². The van der Waals surface area contributed by atoms with Gasteiger partial charge in [0.1, 0.15) is 13.9 Å². The lowest BCUT2D eigenvalue weighted by Gasteiger charge is -2.38. The Balaban J connectivity index is 1.48. The molecule has 3 atom stereocenters. The van der Waals surface area contributed by atoms with E-state index in [4.69, 9.17) is 4.74 Å². The van der Waals surface area contributed by atoms with Gasteiger partial charge in [-0.25, -0.2) is 4.79 Å². The molecular formula is C25H35BN4O3. The van der Waals surface area contributed by atoms with Crippen LogP contribution in [0.1, 0.15) is 37.8 Å². The third-order valence-corrected chi connectivity index (χ3v) is 6.94. The van der Waals surface area contributed by atoms with Crippen molar-refractivity contribution in [2.24, 2.45) is 0 Å². The SMILES string of the molecule is BC1C=CC(NC(=O)N2CC(OC)C[C@@H]2C(=O)Nc2ccc3c(c2)C(C)(C)CN(C)C3)=CC1. The average molecular weight is 450 g/mol. The van der Waals surface area contributed by atoms with E-state index in [1.807, 2.05) is 18.2 Å². The first-order valence-electron chi connectivity index (χ1n) is 11.8. The number of urea groups is 1. The molecule has 0 spiro atoms. The monoisotopic (exact) mass is 450 g/mol. The molecule has 1 saturated heterocycles. The van der Waals surface area contributed by atoms with Gasteiger partial charge in [0.2, 0.25) is 5.91 Å². The van der Waals surface area contributed by atoms with Gasteiger partial charge in [0.05, 0.1) is 6.10 Å². The van der Waals surface area contributed by atoms with Crippen molar-refractivity contribution in [1.82, 2.24) is 15.1 Å². The Morgan fingerprint density at radius 3 is 2.73 bits per heavy atom. The zero-order chi connectivity index (χ0) is 23.8. The molecule has 0 aromatic heterocycles. The summed E-state index contributed by atoms with van der Waals surface area (Å²) >= 11 is 0. The normalized spacial score (nSPS) is 26.5. The molecule has 8 heteroatoms. The number of nitrogens with one attached hydrogen (secondary N) is 2. The summed E-state index contributed by atoms with van der Waals surface area (Å²) in [6.45, 7) is 6.72. The maximum Gasteiger partial charge on any atom is 0.322 e. The average Bonchev–Trinajstić information content (AvgIpc) is 3.20. The van der Waals surface area contributed by atoms with Crippen LogP contribution < -0.4 is 10.6 Å². The van der Waals surface area contributed by atoms with Gasteiger partial charge in [-0.2, -0.15) is 0 Å². The Labute approximate surface area is 197 Å². The molecule has 2 unspecified atom stereocenters. The van der Waals surface area contributed by atoms with Gasteiger partial charge in [0, 0.05) is 50.0 Å². The number of benzene rings is 1. The number of fused-ring (bicyclic) bond motifs is 1. The predicted octanol–water partition coefficient (Wildman–Crippen LogP) is 2.41. The van der Waals surface area contributed by atoms with Crippen LogP contribution in [-0.4, -0.2) is 69.0 Å². The van der Waals surface area contributed by atoms with Crippen molar-refractivity contribution in [1.29, 1.82) is 0 Å². The molecule has 2 aliphatic heterocycles. The highest BCUT2D eigenvalue weighted by Gasteiger charge is 2.40. The molecule has 33 heavy (non-hydrogen) atoms. The highest BCUT2D eigenvalue weighted by atomic mass is 16.5. The van der Waals surface area contributed by atoms with Crippen molar-refractivity contribution < 1.29 is 14.3 Å². The number of ether oxygens (including phenoxy) is 1. The zero-order valence-corrected chi connectivity index (χ0v) is 20.4. The van der Waals surface area contributed by atoms with Crippen molar-refractivity contribution in [3.63, 3.8) is 0 Å². The Kier molecular flexibility index (Phi) is 6.68. The molecular weight excluding hydrogens is 415 g/mol. The Bertz CT molecular complexity index is 990. The van der Waals surface area contributed by atoms with E-state index in [-0.39, 0.29) is 23.5 Å². The molecule has 0 saturated carbocycles. The summed E-state index contributed by atoms with van der Waals surface area (Å²) < 4.78 is 5.50. The smallest absolute Gasteiger partial charge is 0.322 e. The lowest BCUT2D eigenvalue weighted by Crippen LogP contribution is -2.47. The Morgan fingerprint density at radius 2 is 2.03 bits per heavy atom. The van der Waals surface area contributed by atoms with Crippen LogP contribution in [0.25, 0.3) is 0 Å². The number of hydrogen-bond acceptors (Lipinski definition) is 4. The number of anilines is 1. The number of nitrogens with zero attached hydrogens (tertiary/aromatic N) is 2. The highest BCUT2D eigenvalue weighted by Crippen LogP contribution is 2.34. The molecule has 0 radical (unpaired) electrons. The second kappa shape index (κ2) is 9.35. The van der Waals surface area contributed by atoms with E-state index >= 15 is 0 Å². The fourth-order valence-electron chi connectivity index (χ4n) is 5.21. The minimum absolute atomic E-state index is 0.00221. The molecule has 1 aromatic carbocycles. The second-order valence-corrected chi connectivity index (χ2v) is 10.3. The summed E-state index contributed by atoms with van der Waals surface area (Å²) in [5.74, 6) is 0.285. The lowest BCUT2D eigenvalue weighted by atomic mass is 9.78. The number of carbonyl (C=O) groups excluding carboxylic acids is 2. The molecule has 1 fully saturated rings. The van der Waals surface area contributed by atoms with Crippen LogP contribution in [0.4, 0.5) is 10.5 Å². The third kappa shape index (κ3) is 5.17. The van der Waals surface area contributed by atoms with Crippen LogP contribution in [0, 0.1) is 0 Å². The van der Waals surface area contributed by atoms with Gasteiger partial charge in [0.25, 0.3) is 0 Å². The number of hydrogen-bond donors (Lipinski definition) is 2. The van der Waals surface area contributed by atoms with Crippen LogP contribution in [0.5, 0.6) is 0 Å². The van der Waals surface area contributed by atoms with Crippen molar-refractivity contribution in [3.05, 3.63) is 53.3 Å². The molecule has 176 valence electrons. The summed E-state index contributed by atoms with van der Waals surface area (Å²) in [4.78, 5) is 30.2. The van der Waals surface area contributed by atoms with E-state index in [1.165, 1.54) is 11.1 Å². The quantitative estimate of drug-likeness (QED) is 0.692. The van der Waals surface area contributed by atoms with Gasteiger partial charge in [0.15, 0.2) is 0 Å². The van der Waals surface area contributed by atoms with Crippen LogP contribution >= 0.6 is 0 Å². The highest BCUT2D eigenvalue weighted by molar-refractivity contribution is 6.13. The number of likely N-dealkylation sites (tertiary alicyclic amines) is 1. The molecule has 3 amide bonds. The number of methoxy groups -OCH3 is 1. The first kappa shape index (κ1) is 23.6. The van der Waals surface area contributed by atoms with Crippen LogP contribution in [0.3, 0.4) is 0 Å². The predicted molar refractivity (Wildman–Crippen MR) is 133 cm³/mol. The van der Waals surface area contributed by atoms with Gasteiger partial charge in [-0.1, -0.05) is 32.1 Å². The number of amides is 3. The maximum absolute atomic E-state index is 13.3. The first-order chi connectivity index (χ1) is 15.7. The van der Waals surface area contributed by atoms with Crippen molar-refractivity contribution >= 4 is 25.5 Å². The van der Waals surface area contributed by atoms with Gasteiger partial charge in [-0.05, 0) is 48.6 Å². The standard InChI is InChI=1S/C25H35BN4O3/c1-25(2)15-29(3)13-16-5-8-19(11-21(16)25)27-23(31)22-12-20(33-4)14-30(22)24(32)28-18-9-6-17(26)7-10-18/h5-6,8-11,17,20,22H,7,12-15,26H2,1-4H3,(H,27,31)(H,28,32)/t17?,20?,22-/m1/s1. The minimum Gasteiger partial charge on any atom is -0.380 e. The summed E-state index contributed by atoms with van der Waals surface area (Å²) in [5.41, 5.74) is 4.10. The van der Waals surface area contributed by atoms with E-state index in [9.17, 15) is 9.59 Å². The van der Waals surface area contributed by atoms with Crippen molar-refractivity contribution in [2.75, 3.05) is 32.6 Å². The third-order valence-electron chi connectivity index (χ3n) is 6.94. The maximum atomic E-state index is 13.3. The number of likely N-dealkylation sites (N-methyl/N-ethyl adjacent to an activating group) is 1. The van der Waals surface area contributed by atoms with Gasteiger partial charge in [-0.3, -0.25) is 4.79 Å². The van der Waals surface area contributed by atoms with E-state index in [2.05, 4.69) is 62.5 Å². The fraction of sp³-hybridized carbons (Fsp3) is 0.520. The van der Waals surface area contributed by atoms with Gasteiger partial charge >= 0.3 is 6.03 Å². The van der Waals surface area contributed by atoms with Crippen molar-refractivity contribution in [2.45, 2.75) is 56.6 Å². The van der Waals surface area contributed by atoms with Crippen LogP contribution in [0.2, 0.25) is 5.82 Å². The molecule has 3 aliphatic rings. The van der Waals surface area contributed by atoms with Gasteiger partial charge < -0.3 is 25.2 Å². The zero-order valence-electron chi connectivity index (χ0n) is 20.4. The number of carbonyl (C=O) groups is 2.